The van der Waals surface area contributed by atoms with Crippen LogP contribution in [0.3, 0.4) is 0 Å². The zero-order chi connectivity index (χ0) is 13.3. The summed E-state index contributed by atoms with van der Waals surface area (Å²) in [4.78, 5) is 0. The highest BCUT2D eigenvalue weighted by atomic mass is 19.4. The molecule has 0 saturated heterocycles. The number of aryl methyl sites for hydroxylation is 1. The van der Waals surface area contributed by atoms with E-state index in [1.54, 1.807) is 24.0 Å². The highest BCUT2D eigenvalue weighted by Crippen LogP contribution is 2.35. The molecule has 7 heteroatoms. The molecule has 0 bridgehead atoms. The summed E-state index contributed by atoms with van der Waals surface area (Å²) in [6, 6.07) is 5.31. The maximum absolute atomic E-state index is 12.6. The smallest absolute Gasteiger partial charge is 0.398 e. The molecule has 4 nitrogen and oxygen atoms in total. The second-order valence-electron chi connectivity index (χ2n) is 3.80. The van der Waals surface area contributed by atoms with E-state index in [-0.39, 0.29) is 11.4 Å². The minimum absolute atomic E-state index is 0.287. The van der Waals surface area contributed by atoms with Gasteiger partial charge >= 0.3 is 6.18 Å². The van der Waals surface area contributed by atoms with Gasteiger partial charge in [-0.1, -0.05) is 0 Å². The lowest BCUT2D eigenvalue weighted by atomic mass is 10.1. The fourth-order valence-electron chi connectivity index (χ4n) is 1.51. The van der Waals surface area contributed by atoms with Crippen LogP contribution >= 0.6 is 0 Å². The van der Waals surface area contributed by atoms with Gasteiger partial charge in [0.25, 0.3) is 0 Å². The van der Waals surface area contributed by atoms with Crippen LogP contribution in [-0.4, -0.2) is 9.78 Å². The number of anilines is 3. The Morgan fingerprint density at radius 2 is 2.00 bits per heavy atom. The summed E-state index contributed by atoms with van der Waals surface area (Å²) in [5.41, 5.74) is 4.44. The number of alkyl halides is 3. The van der Waals surface area contributed by atoms with Crippen molar-refractivity contribution in [2.75, 3.05) is 11.1 Å². The normalized spacial score (nSPS) is 11.6. The molecule has 1 aromatic heterocycles. The number of rotatable bonds is 2. The monoisotopic (exact) mass is 256 g/mol. The van der Waals surface area contributed by atoms with Gasteiger partial charge in [-0.3, -0.25) is 4.68 Å². The highest BCUT2D eigenvalue weighted by molar-refractivity contribution is 5.63. The lowest BCUT2D eigenvalue weighted by Gasteiger charge is -2.12. The number of hydrogen-bond donors (Lipinski definition) is 2. The lowest BCUT2D eigenvalue weighted by Crippen LogP contribution is -2.09. The summed E-state index contributed by atoms with van der Waals surface area (Å²) in [7, 11) is 1.72. The minimum Gasteiger partial charge on any atom is -0.398 e. The van der Waals surface area contributed by atoms with Gasteiger partial charge in [-0.15, -0.1) is 0 Å². The lowest BCUT2D eigenvalue weighted by molar-refractivity contribution is -0.136. The van der Waals surface area contributed by atoms with Crippen molar-refractivity contribution in [3.63, 3.8) is 0 Å². The maximum Gasteiger partial charge on any atom is 0.418 e. The number of nitrogens with one attached hydrogen (secondary N) is 1. The zero-order valence-corrected chi connectivity index (χ0v) is 9.49. The number of nitrogen functional groups attached to an aromatic ring is 1. The first-order chi connectivity index (χ1) is 8.36. The molecule has 0 aliphatic heterocycles. The average Bonchev–Trinajstić information content (AvgIpc) is 2.65. The molecule has 0 fully saturated rings. The van der Waals surface area contributed by atoms with E-state index in [1.165, 1.54) is 12.1 Å². The molecule has 0 atom stereocenters. The van der Waals surface area contributed by atoms with Crippen LogP contribution in [0.15, 0.2) is 30.5 Å². The molecule has 0 unspecified atom stereocenters. The van der Waals surface area contributed by atoms with Crippen LogP contribution in [0.1, 0.15) is 5.56 Å². The van der Waals surface area contributed by atoms with Crippen LogP contribution in [-0.2, 0) is 13.2 Å². The molecule has 18 heavy (non-hydrogen) atoms. The highest BCUT2D eigenvalue weighted by Gasteiger charge is 2.33. The molecule has 2 aromatic rings. The van der Waals surface area contributed by atoms with E-state index in [9.17, 15) is 13.2 Å². The number of aromatic nitrogens is 2. The first kappa shape index (κ1) is 12.3. The topological polar surface area (TPSA) is 55.9 Å². The van der Waals surface area contributed by atoms with Crippen LogP contribution < -0.4 is 11.1 Å². The molecule has 1 aromatic carbocycles. The average molecular weight is 256 g/mol. The van der Waals surface area contributed by atoms with E-state index in [0.29, 0.717) is 5.82 Å². The SMILES string of the molecule is Cn1ccc(Nc2ccc(N)c(C(F)(F)F)c2)n1. The van der Waals surface area contributed by atoms with Gasteiger partial charge in [-0.2, -0.15) is 18.3 Å². The third-order valence-electron chi connectivity index (χ3n) is 2.34. The molecule has 0 aliphatic rings. The van der Waals surface area contributed by atoms with Crippen LogP contribution in [0.25, 0.3) is 0 Å². The van der Waals surface area contributed by atoms with Gasteiger partial charge in [0.05, 0.1) is 5.56 Å². The Morgan fingerprint density at radius 3 is 2.56 bits per heavy atom. The molecule has 0 amide bonds. The number of halogens is 3. The van der Waals surface area contributed by atoms with Crippen molar-refractivity contribution in [1.82, 2.24) is 9.78 Å². The van der Waals surface area contributed by atoms with E-state index in [1.807, 2.05) is 0 Å². The predicted molar refractivity (Wildman–Crippen MR) is 62.3 cm³/mol. The second kappa shape index (κ2) is 4.25. The summed E-state index contributed by atoms with van der Waals surface area (Å²) in [5.74, 6) is 0.468. The van der Waals surface area contributed by atoms with E-state index < -0.39 is 11.7 Å². The molecule has 1 heterocycles. The third-order valence-corrected chi connectivity index (χ3v) is 2.34. The first-order valence-corrected chi connectivity index (χ1v) is 5.09. The zero-order valence-electron chi connectivity index (χ0n) is 9.49. The Morgan fingerprint density at radius 1 is 1.28 bits per heavy atom. The summed E-state index contributed by atoms with van der Waals surface area (Å²) < 4.78 is 39.5. The summed E-state index contributed by atoms with van der Waals surface area (Å²) in [5, 5.41) is 6.79. The standard InChI is InChI=1S/C11H11F3N4/c1-18-5-4-10(17-18)16-7-2-3-9(15)8(6-7)11(12,13)14/h2-6H,15H2,1H3,(H,16,17). The quantitative estimate of drug-likeness (QED) is 0.812. The summed E-state index contributed by atoms with van der Waals surface area (Å²) in [6.45, 7) is 0. The van der Waals surface area contributed by atoms with E-state index in [2.05, 4.69) is 10.4 Å². The fraction of sp³-hybridized carbons (Fsp3) is 0.182. The molecule has 0 aliphatic carbocycles. The van der Waals surface area contributed by atoms with Crippen LogP contribution in [0, 0.1) is 0 Å². The van der Waals surface area contributed by atoms with Crippen molar-refractivity contribution in [1.29, 1.82) is 0 Å². The summed E-state index contributed by atoms with van der Waals surface area (Å²) in [6.07, 6.45) is -2.78. The number of nitrogens with two attached hydrogens (primary N) is 1. The number of benzene rings is 1. The Labute approximate surface area is 101 Å². The van der Waals surface area contributed by atoms with Crippen molar-refractivity contribution in [2.24, 2.45) is 7.05 Å². The fourth-order valence-corrected chi connectivity index (χ4v) is 1.51. The Kier molecular flexibility index (Phi) is 2.90. The molecule has 3 N–H and O–H groups in total. The van der Waals surface area contributed by atoms with Crippen molar-refractivity contribution >= 4 is 17.2 Å². The van der Waals surface area contributed by atoms with E-state index in [0.717, 1.165) is 6.07 Å². The van der Waals surface area contributed by atoms with Crippen LogP contribution in [0.5, 0.6) is 0 Å². The minimum atomic E-state index is -4.47. The van der Waals surface area contributed by atoms with Gasteiger partial charge in [0.1, 0.15) is 0 Å². The maximum atomic E-state index is 12.6. The van der Waals surface area contributed by atoms with Gasteiger partial charge in [-0.05, 0) is 18.2 Å². The first-order valence-electron chi connectivity index (χ1n) is 5.09. The predicted octanol–water partition coefficient (Wildman–Crippen LogP) is 2.76. The van der Waals surface area contributed by atoms with Crippen molar-refractivity contribution in [3.8, 4) is 0 Å². The van der Waals surface area contributed by atoms with E-state index in [4.69, 9.17) is 5.73 Å². The summed E-state index contributed by atoms with van der Waals surface area (Å²) >= 11 is 0. The largest absolute Gasteiger partial charge is 0.418 e. The molecule has 2 rings (SSSR count). The van der Waals surface area contributed by atoms with Gasteiger partial charge in [0, 0.05) is 30.7 Å². The van der Waals surface area contributed by atoms with Crippen molar-refractivity contribution < 1.29 is 13.2 Å². The van der Waals surface area contributed by atoms with Gasteiger partial charge in [0.2, 0.25) is 0 Å². The van der Waals surface area contributed by atoms with Crippen molar-refractivity contribution in [2.45, 2.75) is 6.18 Å². The number of hydrogen-bond acceptors (Lipinski definition) is 3. The van der Waals surface area contributed by atoms with Gasteiger partial charge < -0.3 is 11.1 Å². The second-order valence-corrected chi connectivity index (χ2v) is 3.80. The Balaban J connectivity index is 2.30. The van der Waals surface area contributed by atoms with Crippen molar-refractivity contribution in [3.05, 3.63) is 36.0 Å². The van der Waals surface area contributed by atoms with Crippen LogP contribution in [0.4, 0.5) is 30.4 Å². The molecular weight excluding hydrogens is 245 g/mol. The number of nitrogens with zero attached hydrogens (tertiary/aromatic N) is 2. The van der Waals surface area contributed by atoms with Crippen LogP contribution in [0.2, 0.25) is 0 Å². The molecular formula is C11H11F3N4. The van der Waals surface area contributed by atoms with Gasteiger partial charge in [-0.25, -0.2) is 0 Å². The molecule has 0 radical (unpaired) electrons. The molecule has 0 spiro atoms. The Bertz CT molecular complexity index is 560. The Hall–Kier alpha value is -2.18. The molecule has 0 saturated carbocycles. The molecule has 96 valence electrons. The van der Waals surface area contributed by atoms with E-state index >= 15 is 0 Å². The van der Waals surface area contributed by atoms with Gasteiger partial charge in [0.15, 0.2) is 5.82 Å². The third kappa shape index (κ3) is 2.55.